The third-order valence-electron chi connectivity index (χ3n) is 4.98. The Morgan fingerprint density at radius 3 is 2.96 bits per heavy atom. The van der Waals surface area contributed by atoms with Crippen LogP contribution in [0.3, 0.4) is 0 Å². The molecule has 4 rings (SSSR count). The molecule has 0 radical (unpaired) electrons. The van der Waals surface area contributed by atoms with Crippen LogP contribution in [0.4, 0.5) is 0 Å². The highest BCUT2D eigenvalue weighted by Gasteiger charge is 2.50. The van der Waals surface area contributed by atoms with Crippen molar-refractivity contribution in [1.82, 2.24) is 29.0 Å². The van der Waals surface area contributed by atoms with Crippen molar-refractivity contribution in [2.45, 2.75) is 12.0 Å². The molecule has 0 spiro atoms. The van der Waals surface area contributed by atoms with Gasteiger partial charge in [0.1, 0.15) is 17.5 Å². The Balaban J connectivity index is 1.61. The number of thioether (sulfide) groups is 1. The summed E-state index contributed by atoms with van der Waals surface area (Å²) in [5, 5.41) is 14.6. The minimum absolute atomic E-state index is 0.105. The molecule has 0 amide bonds. The fourth-order valence-corrected chi connectivity index (χ4v) is 6.06. The van der Waals surface area contributed by atoms with Gasteiger partial charge in [-0.05, 0) is 12.3 Å². The molecule has 3 aromatic heterocycles. The number of rotatable bonds is 7. The molecule has 1 saturated heterocycles. The van der Waals surface area contributed by atoms with Crippen molar-refractivity contribution in [2.24, 2.45) is 0 Å². The van der Waals surface area contributed by atoms with Crippen molar-refractivity contribution in [1.29, 1.82) is 5.26 Å². The number of aromatic nitrogens is 5. The number of sulfonamides is 1. The summed E-state index contributed by atoms with van der Waals surface area (Å²) >= 11 is 1.50. The van der Waals surface area contributed by atoms with E-state index in [1.807, 2.05) is 18.5 Å². The second-order valence-electron chi connectivity index (χ2n) is 6.77. The lowest BCUT2D eigenvalue weighted by Gasteiger charge is -2.47. The predicted octanol–water partition coefficient (Wildman–Crippen LogP) is 1.44. The van der Waals surface area contributed by atoms with E-state index in [0.29, 0.717) is 5.75 Å². The summed E-state index contributed by atoms with van der Waals surface area (Å²) in [5.41, 5.74) is 1.63. The van der Waals surface area contributed by atoms with Gasteiger partial charge in [0.15, 0.2) is 0 Å². The van der Waals surface area contributed by atoms with Crippen LogP contribution in [0.2, 0.25) is 0 Å². The Morgan fingerprint density at radius 2 is 2.21 bits per heavy atom. The number of hydrogen-bond donors (Lipinski definition) is 1. The van der Waals surface area contributed by atoms with Gasteiger partial charge < -0.3 is 4.98 Å². The number of nitriles is 1. The van der Waals surface area contributed by atoms with Gasteiger partial charge in [0.2, 0.25) is 10.0 Å². The first-order chi connectivity index (χ1) is 13.5. The lowest BCUT2D eigenvalue weighted by molar-refractivity contribution is 0.0719. The van der Waals surface area contributed by atoms with Crippen molar-refractivity contribution in [2.75, 3.05) is 30.9 Å². The molecular formula is C17H19N7O2S2. The van der Waals surface area contributed by atoms with Crippen LogP contribution in [0.5, 0.6) is 0 Å². The largest absolute Gasteiger partial charge is 0.346 e. The van der Waals surface area contributed by atoms with E-state index >= 15 is 0 Å². The van der Waals surface area contributed by atoms with E-state index in [-0.39, 0.29) is 25.3 Å². The summed E-state index contributed by atoms with van der Waals surface area (Å²) in [6, 6.07) is 4.08. The molecule has 4 heterocycles. The number of nitrogens with zero attached hydrogens (tertiary/aromatic N) is 6. The highest BCUT2D eigenvalue weighted by atomic mass is 32.2. The molecule has 0 aliphatic carbocycles. The summed E-state index contributed by atoms with van der Waals surface area (Å²) in [4.78, 5) is 11.6. The van der Waals surface area contributed by atoms with Crippen LogP contribution >= 0.6 is 11.8 Å². The first kappa shape index (κ1) is 18.9. The summed E-state index contributed by atoms with van der Waals surface area (Å²) in [6.07, 6.45) is 8.88. The maximum Gasteiger partial charge on any atom is 0.215 e. The quantitative estimate of drug-likeness (QED) is 0.617. The second kappa shape index (κ2) is 7.20. The standard InChI is InChI=1S/C17H19N7O2S2/c1-27-6-7-28(25,26)23-10-17(11-23,3-4-18)24-9-13(8-22-24)15-14-2-5-19-16(14)21-12-20-15/h2,5,8-9,12H,3,6-7,10-11H2,1H3,(H,19,20,21). The maximum atomic E-state index is 12.4. The number of H-pyrrole nitrogens is 1. The number of fused-ring (bicyclic) bond motifs is 1. The monoisotopic (exact) mass is 417 g/mol. The molecule has 1 fully saturated rings. The van der Waals surface area contributed by atoms with Crippen LogP contribution in [-0.4, -0.2) is 68.3 Å². The van der Waals surface area contributed by atoms with Crippen LogP contribution in [0.1, 0.15) is 6.42 Å². The second-order valence-corrected chi connectivity index (χ2v) is 9.85. The van der Waals surface area contributed by atoms with Gasteiger partial charge in [0.05, 0.1) is 30.1 Å². The molecule has 146 valence electrons. The van der Waals surface area contributed by atoms with Crippen molar-refractivity contribution >= 4 is 32.8 Å². The van der Waals surface area contributed by atoms with Crippen molar-refractivity contribution < 1.29 is 8.42 Å². The molecule has 3 aromatic rings. The van der Waals surface area contributed by atoms with Gasteiger partial charge in [-0.15, -0.1) is 0 Å². The van der Waals surface area contributed by atoms with Crippen molar-refractivity contribution in [3.05, 3.63) is 31.0 Å². The van der Waals surface area contributed by atoms with Crippen molar-refractivity contribution in [3.8, 4) is 17.3 Å². The minimum atomic E-state index is -3.31. The first-order valence-electron chi connectivity index (χ1n) is 8.66. The van der Waals surface area contributed by atoms with Crippen LogP contribution in [0.25, 0.3) is 22.3 Å². The molecule has 0 unspecified atom stereocenters. The van der Waals surface area contributed by atoms with Crippen LogP contribution in [-0.2, 0) is 15.6 Å². The zero-order valence-electron chi connectivity index (χ0n) is 15.2. The summed E-state index contributed by atoms with van der Waals surface area (Å²) in [5.74, 6) is 0.657. The summed E-state index contributed by atoms with van der Waals surface area (Å²) in [6.45, 7) is 0.503. The van der Waals surface area contributed by atoms with Gasteiger partial charge in [-0.3, -0.25) is 4.68 Å². The summed E-state index contributed by atoms with van der Waals surface area (Å²) < 4.78 is 28.0. The van der Waals surface area contributed by atoms with Crippen LogP contribution < -0.4 is 0 Å². The van der Waals surface area contributed by atoms with Gasteiger partial charge in [0, 0.05) is 42.2 Å². The van der Waals surface area contributed by atoms with Gasteiger partial charge in [-0.25, -0.2) is 18.4 Å². The Hall–Kier alpha value is -2.42. The van der Waals surface area contributed by atoms with E-state index in [2.05, 4.69) is 26.1 Å². The van der Waals surface area contributed by atoms with E-state index in [4.69, 9.17) is 0 Å². The van der Waals surface area contributed by atoms with Crippen molar-refractivity contribution in [3.63, 3.8) is 0 Å². The topological polar surface area (TPSA) is 121 Å². The predicted molar refractivity (Wildman–Crippen MR) is 107 cm³/mol. The fourth-order valence-electron chi connectivity index (χ4n) is 3.42. The Kier molecular flexibility index (Phi) is 4.86. The lowest BCUT2D eigenvalue weighted by atomic mass is 9.89. The Labute approximate surface area is 166 Å². The van der Waals surface area contributed by atoms with E-state index in [1.165, 1.54) is 22.4 Å². The SMILES string of the molecule is CSCCS(=O)(=O)N1CC(CC#N)(n2cc(-c3ncnc4[nH]ccc34)cn2)C1. The average Bonchev–Trinajstić information content (AvgIpc) is 3.31. The van der Waals surface area contributed by atoms with Gasteiger partial charge in [0.25, 0.3) is 0 Å². The first-order valence-corrected chi connectivity index (χ1v) is 11.7. The van der Waals surface area contributed by atoms with Gasteiger partial charge >= 0.3 is 0 Å². The highest BCUT2D eigenvalue weighted by Crippen LogP contribution is 2.36. The smallest absolute Gasteiger partial charge is 0.215 e. The molecule has 0 saturated carbocycles. The van der Waals surface area contributed by atoms with E-state index in [9.17, 15) is 13.7 Å². The number of nitrogens with one attached hydrogen (secondary N) is 1. The van der Waals surface area contributed by atoms with E-state index in [0.717, 1.165) is 22.3 Å². The molecule has 1 N–H and O–H groups in total. The lowest BCUT2D eigenvalue weighted by Crippen LogP contribution is -2.64. The molecular weight excluding hydrogens is 398 g/mol. The Bertz CT molecular complexity index is 1140. The molecule has 0 aromatic carbocycles. The third kappa shape index (κ3) is 3.17. The molecule has 9 nitrogen and oxygen atoms in total. The molecule has 1 aliphatic heterocycles. The molecule has 11 heteroatoms. The third-order valence-corrected chi connectivity index (χ3v) is 7.62. The van der Waals surface area contributed by atoms with Gasteiger partial charge in [-0.2, -0.15) is 26.4 Å². The normalized spacial score (nSPS) is 16.7. The molecule has 1 aliphatic rings. The molecule has 0 bridgehead atoms. The zero-order valence-corrected chi connectivity index (χ0v) is 16.9. The fraction of sp³-hybridized carbons (Fsp3) is 0.412. The van der Waals surface area contributed by atoms with E-state index < -0.39 is 15.6 Å². The number of aromatic amines is 1. The molecule has 0 atom stereocenters. The summed E-state index contributed by atoms with van der Waals surface area (Å²) in [7, 11) is -3.31. The molecule has 28 heavy (non-hydrogen) atoms. The minimum Gasteiger partial charge on any atom is -0.346 e. The average molecular weight is 418 g/mol. The van der Waals surface area contributed by atoms with Crippen LogP contribution in [0, 0.1) is 11.3 Å². The number of hydrogen-bond acceptors (Lipinski definition) is 7. The highest BCUT2D eigenvalue weighted by molar-refractivity contribution is 7.99. The van der Waals surface area contributed by atoms with Crippen LogP contribution in [0.15, 0.2) is 31.0 Å². The maximum absolute atomic E-state index is 12.4. The Morgan fingerprint density at radius 1 is 1.39 bits per heavy atom. The zero-order chi connectivity index (χ0) is 19.8. The van der Waals surface area contributed by atoms with Gasteiger partial charge in [-0.1, -0.05) is 0 Å². The van der Waals surface area contributed by atoms with E-state index in [1.54, 1.807) is 17.1 Å².